The van der Waals surface area contributed by atoms with Gasteiger partial charge in [-0.2, -0.15) is 0 Å². The summed E-state index contributed by atoms with van der Waals surface area (Å²) in [6.45, 7) is 1.07. The van der Waals surface area contributed by atoms with Crippen molar-refractivity contribution in [3.8, 4) is 0 Å². The molecule has 2 fully saturated rings. The van der Waals surface area contributed by atoms with E-state index in [9.17, 15) is 9.59 Å². The Hall–Kier alpha value is -2.35. The Bertz CT molecular complexity index is 775. The van der Waals surface area contributed by atoms with Crippen LogP contribution in [0.2, 0.25) is 0 Å². The number of piperidine rings is 1. The largest absolute Gasteiger partial charge is 0.337 e. The van der Waals surface area contributed by atoms with E-state index in [1.165, 1.54) is 11.3 Å². The summed E-state index contributed by atoms with van der Waals surface area (Å²) in [7, 11) is 0. The average Bonchev–Trinajstić information content (AvgIpc) is 3.39. The molecule has 1 N–H and O–H groups in total. The van der Waals surface area contributed by atoms with Crippen molar-refractivity contribution in [3.05, 3.63) is 35.4 Å². The lowest BCUT2D eigenvalue weighted by Crippen LogP contribution is -2.44. The van der Waals surface area contributed by atoms with E-state index < -0.39 is 0 Å². The number of rotatable bonds is 4. The van der Waals surface area contributed by atoms with Crippen molar-refractivity contribution in [3.63, 3.8) is 0 Å². The minimum atomic E-state index is -0.216. The van der Waals surface area contributed by atoms with Crippen LogP contribution >= 0.6 is 11.3 Å². The van der Waals surface area contributed by atoms with Crippen LogP contribution in [0.5, 0.6) is 0 Å². The monoisotopic (exact) mass is 357 g/mol. The molecular weight excluding hydrogens is 338 g/mol. The van der Waals surface area contributed by atoms with E-state index in [4.69, 9.17) is 0 Å². The number of likely N-dealkylation sites (tertiary alicyclic amines) is 1. The van der Waals surface area contributed by atoms with Crippen LogP contribution in [0.25, 0.3) is 0 Å². The first-order chi connectivity index (χ1) is 12.2. The van der Waals surface area contributed by atoms with Crippen molar-refractivity contribution < 1.29 is 9.59 Å². The average molecular weight is 357 g/mol. The van der Waals surface area contributed by atoms with Gasteiger partial charge in [0.15, 0.2) is 5.13 Å². The molecule has 7 nitrogen and oxygen atoms in total. The first-order valence-electron chi connectivity index (χ1n) is 8.53. The smallest absolute Gasteiger partial charge is 0.272 e. The fourth-order valence-electron chi connectivity index (χ4n) is 3.06. The Balaban J connectivity index is 1.42. The molecule has 4 rings (SSSR count). The fraction of sp³-hybridized carbons (Fsp3) is 0.471. The molecule has 1 saturated heterocycles. The van der Waals surface area contributed by atoms with Crippen molar-refractivity contribution in [1.29, 1.82) is 0 Å². The van der Waals surface area contributed by atoms with Gasteiger partial charge in [-0.1, -0.05) is 0 Å². The highest BCUT2D eigenvalue weighted by Gasteiger charge is 2.31. The number of nitrogens with one attached hydrogen (secondary N) is 1. The van der Waals surface area contributed by atoms with Gasteiger partial charge in [0.1, 0.15) is 11.5 Å². The predicted molar refractivity (Wildman–Crippen MR) is 93.4 cm³/mol. The van der Waals surface area contributed by atoms with Gasteiger partial charge in [-0.15, -0.1) is 11.3 Å². The molecule has 130 valence electrons. The summed E-state index contributed by atoms with van der Waals surface area (Å²) in [5.41, 5.74) is 0.429. The SMILES string of the molecule is O=C(Nc1nccs1)C1CCCN(C(=O)c2ccnc(C3CC3)n2)C1. The summed E-state index contributed by atoms with van der Waals surface area (Å²) < 4.78 is 0. The van der Waals surface area contributed by atoms with E-state index in [0.717, 1.165) is 31.5 Å². The highest BCUT2D eigenvalue weighted by Crippen LogP contribution is 2.37. The number of anilines is 1. The standard InChI is InChI=1S/C17H19N5O2S/c23-15(21-17-19-7-9-25-17)12-2-1-8-22(10-12)16(24)13-5-6-18-14(20-13)11-3-4-11/h5-7,9,11-12H,1-4,8,10H2,(H,19,21,23). The van der Waals surface area contributed by atoms with E-state index in [2.05, 4.69) is 20.3 Å². The predicted octanol–water partition coefficient (Wildman–Crippen LogP) is 2.30. The van der Waals surface area contributed by atoms with Crippen LogP contribution in [-0.4, -0.2) is 44.8 Å². The molecule has 1 unspecified atom stereocenters. The van der Waals surface area contributed by atoms with Gasteiger partial charge in [-0.3, -0.25) is 9.59 Å². The highest BCUT2D eigenvalue weighted by molar-refractivity contribution is 7.13. The summed E-state index contributed by atoms with van der Waals surface area (Å²) in [6, 6.07) is 1.66. The van der Waals surface area contributed by atoms with Crippen LogP contribution < -0.4 is 5.32 Å². The van der Waals surface area contributed by atoms with Gasteiger partial charge >= 0.3 is 0 Å². The molecule has 0 radical (unpaired) electrons. The van der Waals surface area contributed by atoms with Crippen molar-refractivity contribution in [2.75, 3.05) is 18.4 Å². The lowest BCUT2D eigenvalue weighted by molar-refractivity contribution is -0.121. The number of carbonyl (C=O) groups excluding carboxylic acids is 2. The maximum absolute atomic E-state index is 12.8. The fourth-order valence-corrected chi connectivity index (χ4v) is 3.59. The molecule has 1 aliphatic heterocycles. The molecule has 1 atom stereocenters. The topological polar surface area (TPSA) is 88.1 Å². The van der Waals surface area contributed by atoms with E-state index in [0.29, 0.717) is 29.8 Å². The summed E-state index contributed by atoms with van der Waals surface area (Å²) in [5.74, 6) is 0.767. The summed E-state index contributed by atoms with van der Waals surface area (Å²) in [4.78, 5) is 39.7. The quantitative estimate of drug-likeness (QED) is 0.907. The van der Waals surface area contributed by atoms with Gasteiger partial charge in [0.25, 0.3) is 5.91 Å². The van der Waals surface area contributed by atoms with E-state index in [1.54, 1.807) is 23.4 Å². The second-order valence-electron chi connectivity index (χ2n) is 6.49. The molecule has 0 bridgehead atoms. The minimum absolute atomic E-state index is 0.0752. The normalized spacial score (nSPS) is 20.3. The maximum Gasteiger partial charge on any atom is 0.272 e. The van der Waals surface area contributed by atoms with E-state index in [-0.39, 0.29) is 17.7 Å². The summed E-state index contributed by atoms with van der Waals surface area (Å²) in [5, 5.41) is 5.24. The first-order valence-corrected chi connectivity index (χ1v) is 9.41. The third-order valence-electron chi connectivity index (χ3n) is 4.58. The first kappa shape index (κ1) is 16.1. The van der Waals surface area contributed by atoms with Crippen molar-refractivity contribution in [2.24, 2.45) is 5.92 Å². The molecular formula is C17H19N5O2S. The lowest BCUT2D eigenvalue weighted by atomic mass is 9.97. The molecule has 1 aliphatic carbocycles. The van der Waals surface area contributed by atoms with Gasteiger partial charge in [-0.25, -0.2) is 15.0 Å². The van der Waals surface area contributed by atoms with Crippen LogP contribution in [0, 0.1) is 5.92 Å². The number of aromatic nitrogens is 3. The van der Waals surface area contributed by atoms with Gasteiger partial charge in [0, 0.05) is 36.8 Å². The Morgan fingerprint density at radius 1 is 1.20 bits per heavy atom. The number of thiazole rings is 1. The minimum Gasteiger partial charge on any atom is -0.337 e. The summed E-state index contributed by atoms with van der Waals surface area (Å²) in [6.07, 6.45) is 7.09. The molecule has 0 spiro atoms. The molecule has 0 aromatic carbocycles. The van der Waals surface area contributed by atoms with Crippen LogP contribution in [0.3, 0.4) is 0 Å². The lowest BCUT2D eigenvalue weighted by Gasteiger charge is -2.31. The number of carbonyl (C=O) groups is 2. The van der Waals surface area contributed by atoms with Crippen molar-refractivity contribution in [2.45, 2.75) is 31.6 Å². The number of nitrogens with zero attached hydrogens (tertiary/aromatic N) is 4. The van der Waals surface area contributed by atoms with Gasteiger partial charge < -0.3 is 10.2 Å². The Labute approximate surface area is 149 Å². The molecule has 2 aliphatic rings. The van der Waals surface area contributed by atoms with Crippen molar-refractivity contribution in [1.82, 2.24) is 19.9 Å². The maximum atomic E-state index is 12.8. The zero-order valence-electron chi connectivity index (χ0n) is 13.7. The number of hydrogen-bond acceptors (Lipinski definition) is 6. The third-order valence-corrected chi connectivity index (χ3v) is 5.27. The molecule has 2 aromatic heterocycles. The van der Waals surface area contributed by atoms with Gasteiger partial charge in [0.05, 0.1) is 5.92 Å². The zero-order chi connectivity index (χ0) is 17.2. The molecule has 8 heteroatoms. The highest BCUT2D eigenvalue weighted by atomic mass is 32.1. The molecule has 2 amide bonds. The van der Waals surface area contributed by atoms with Crippen LogP contribution in [0.15, 0.2) is 23.8 Å². The Morgan fingerprint density at radius 2 is 2.08 bits per heavy atom. The van der Waals surface area contributed by atoms with Gasteiger partial charge in [0.2, 0.25) is 5.91 Å². The second-order valence-corrected chi connectivity index (χ2v) is 7.39. The van der Waals surface area contributed by atoms with Gasteiger partial charge in [-0.05, 0) is 31.7 Å². The van der Waals surface area contributed by atoms with Crippen molar-refractivity contribution >= 4 is 28.3 Å². The second kappa shape index (κ2) is 6.87. The molecule has 1 saturated carbocycles. The number of hydrogen-bond donors (Lipinski definition) is 1. The third kappa shape index (κ3) is 3.68. The molecule has 25 heavy (non-hydrogen) atoms. The molecule has 2 aromatic rings. The van der Waals surface area contributed by atoms with Crippen LogP contribution in [0.1, 0.15) is 47.9 Å². The zero-order valence-corrected chi connectivity index (χ0v) is 14.5. The van der Waals surface area contributed by atoms with Crippen LogP contribution in [0.4, 0.5) is 5.13 Å². The molecule has 3 heterocycles. The summed E-state index contributed by atoms with van der Waals surface area (Å²) >= 11 is 1.39. The van der Waals surface area contributed by atoms with E-state index >= 15 is 0 Å². The van der Waals surface area contributed by atoms with Crippen LogP contribution in [-0.2, 0) is 4.79 Å². The Morgan fingerprint density at radius 3 is 2.84 bits per heavy atom. The Kier molecular flexibility index (Phi) is 4.44. The van der Waals surface area contributed by atoms with E-state index in [1.807, 2.05) is 5.38 Å². The number of amides is 2.